The minimum atomic E-state index is -4.04. The number of anilines is 2. The summed E-state index contributed by atoms with van der Waals surface area (Å²) in [4.78, 5) is 37.3. The zero-order valence-electron chi connectivity index (χ0n) is 28.1. The third-order valence-electron chi connectivity index (χ3n) is 10.1. The minimum absolute atomic E-state index is 0.0271. The number of urea groups is 1. The number of aryl methyl sites for hydroxylation is 1. The van der Waals surface area contributed by atoms with Gasteiger partial charge in [-0.05, 0) is 91.3 Å². The molecule has 3 aromatic carbocycles. The largest absolute Gasteiger partial charge is 0.481 e. The second-order valence-electron chi connectivity index (χ2n) is 13.3. The minimum Gasteiger partial charge on any atom is -0.481 e. The molecule has 2 saturated carbocycles. The van der Waals surface area contributed by atoms with Crippen LogP contribution in [0.1, 0.15) is 98.7 Å². The molecule has 3 amide bonds. The average molecular weight is 689 g/mol. The van der Waals surface area contributed by atoms with Gasteiger partial charge in [0, 0.05) is 17.8 Å². The van der Waals surface area contributed by atoms with E-state index in [0.717, 1.165) is 37.2 Å². The van der Waals surface area contributed by atoms with Crippen LogP contribution in [0.25, 0.3) is 0 Å². The van der Waals surface area contributed by atoms with Crippen molar-refractivity contribution in [1.29, 1.82) is 0 Å². The summed E-state index contributed by atoms with van der Waals surface area (Å²) < 4.78 is 30.0. The first kappa shape index (κ1) is 35.9. The topological polar surface area (TPSA) is 154 Å². The predicted molar refractivity (Wildman–Crippen MR) is 191 cm³/mol. The smallest absolute Gasteiger partial charge is 0.319 e. The number of para-hydroxylation sites is 1. The van der Waals surface area contributed by atoms with E-state index in [1.807, 2.05) is 19.1 Å². The van der Waals surface area contributed by atoms with E-state index >= 15 is 0 Å². The molecule has 0 aromatic heterocycles. The van der Waals surface area contributed by atoms with E-state index < -0.39 is 22.0 Å². The van der Waals surface area contributed by atoms with E-state index in [9.17, 15) is 22.8 Å². The van der Waals surface area contributed by atoms with E-state index in [1.165, 1.54) is 32.1 Å². The van der Waals surface area contributed by atoms with E-state index in [4.69, 9.17) is 5.11 Å². The van der Waals surface area contributed by atoms with Crippen LogP contribution >= 0.6 is 0 Å². The number of aliphatic carboxylic acids is 1. The number of nitrogens with one attached hydrogen (secondary N) is 4. The van der Waals surface area contributed by atoms with Crippen molar-refractivity contribution in [3.8, 4) is 0 Å². The van der Waals surface area contributed by atoms with E-state index in [0.29, 0.717) is 29.2 Å². The fourth-order valence-corrected chi connectivity index (χ4v) is 9.06. The van der Waals surface area contributed by atoms with Gasteiger partial charge in [-0.2, -0.15) is 0 Å². The monoisotopic (exact) mass is 688 g/mol. The molecular formula is C38H48N4O6S. The molecule has 3 aromatic rings. The van der Waals surface area contributed by atoms with Gasteiger partial charge < -0.3 is 21.1 Å². The molecule has 1 unspecified atom stereocenters. The van der Waals surface area contributed by atoms with Gasteiger partial charge in [0.15, 0.2) is 0 Å². The lowest BCUT2D eigenvalue weighted by atomic mass is 9.69. The molecule has 0 heterocycles. The zero-order valence-corrected chi connectivity index (χ0v) is 28.9. The molecule has 49 heavy (non-hydrogen) atoms. The highest BCUT2D eigenvalue weighted by Crippen LogP contribution is 2.43. The average Bonchev–Trinajstić information content (AvgIpc) is 3.11. The molecule has 0 spiro atoms. The van der Waals surface area contributed by atoms with Crippen LogP contribution in [0.2, 0.25) is 0 Å². The number of carbonyl (C=O) groups excluding carboxylic acids is 2. The van der Waals surface area contributed by atoms with Crippen LogP contribution in [-0.2, 0) is 21.2 Å². The molecule has 1 atom stereocenters. The van der Waals surface area contributed by atoms with Crippen molar-refractivity contribution >= 4 is 39.3 Å². The molecule has 0 radical (unpaired) electrons. The van der Waals surface area contributed by atoms with Gasteiger partial charge in [-0.15, -0.1) is 0 Å². The summed E-state index contributed by atoms with van der Waals surface area (Å²) in [5.74, 6) is 0.283. The maximum absolute atomic E-state index is 13.8. The number of carboxylic acids is 1. The normalized spacial score (nSPS) is 19.0. The predicted octanol–water partition coefficient (Wildman–Crippen LogP) is 7.50. The summed E-state index contributed by atoms with van der Waals surface area (Å²) in [6, 6.07) is 19.9. The molecule has 5 N–H and O–H groups in total. The fraction of sp³-hybridized carbons (Fsp3) is 0.447. The molecule has 5 rings (SSSR count). The summed E-state index contributed by atoms with van der Waals surface area (Å²) in [7, 11) is -4.04. The number of hydrogen-bond donors (Lipinski definition) is 5. The summed E-state index contributed by atoms with van der Waals surface area (Å²) in [5.41, 5.74) is 2.44. The van der Waals surface area contributed by atoms with Gasteiger partial charge in [-0.25, -0.2) is 13.2 Å². The summed E-state index contributed by atoms with van der Waals surface area (Å²) >= 11 is 0. The molecule has 10 nitrogen and oxygen atoms in total. The lowest BCUT2D eigenvalue weighted by molar-refractivity contribution is -0.136. The van der Waals surface area contributed by atoms with Crippen molar-refractivity contribution in [3.63, 3.8) is 0 Å². The Morgan fingerprint density at radius 3 is 2.14 bits per heavy atom. The molecule has 0 bridgehead atoms. The highest BCUT2D eigenvalue weighted by Gasteiger charge is 2.34. The number of carbonyl (C=O) groups is 3. The standard InChI is InChI=1S/C38H48N4O6S/c1-2-26-12-9-15-33(36(26)49(47,48)42-32-13-7-4-8-14-32)40-38(46)41-35(29-18-16-28(17-19-29)27-10-5-3-6-11-27)30-20-22-31(23-21-30)37(45)39-25-24-34(43)44/h4,7-9,12-15,20-23,27-29,35,42H,2-3,5-6,10-11,16-19,24-25H2,1H3,(H,39,45)(H,43,44)(H2,40,41,46). The van der Waals surface area contributed by atoms with E-state index in [1.54, 1.807) is 60.7 Å². The Balaban J connectivity index is 1.36. The molecular weight excluding hydrogens is 641 g/mol. The molecule has 2 aliphatic rings. The third-order valence-corrected chi connectivity index (χ3v) is 11.6. The Morgan fingerprint density at radius 1 is 0.816 bits per heavy atom. The molecule has 2 fully saturated rings. The van der Waals surface area contributed by atoms with Crippen molar-refractivity contribution < 1.29 is 27.9 Å². The third kappa shape index (κ3) is 9.62. The van der Waals surface area contributed by atoms with Gasteiger partial charge in [-0.1, -0.05) is 81.5 Å². The van der Waals surface area contributed by atoms with Crippen LogP contribution in [0, 0.1) is 17.8 Å². The number of carboxylic acid groups (broad SMARTS) is 1. The number of benzene rings is 3. The van der Waals surface area contributed by atoms with Crippen LogP contribution in [0.4, 0.5) is 16.2 Å². The molecule has 2 aliphatic carbocycles. The summed E-state index contributed by atoms with van der Waals surface area (Å²) in [5, 5.41) is 17.6. The Morgan fingerprint density at radius 2 is 1.49 bits per heavy atom. The maximum Gasteiger partial charge on any atom is 0.319 e. The van der Waals surface area contributed by atoms with Crippen molar-refractivity contribution in [2.75, 3.05) is 16.6 Å². The lowest BCUT2D eigenvalue weighted by Crippen LogP contribution is -2.38. The summed E-state index contributed by atoms with van der Waals surface area (Å²) in [6.45, 7) is 1.90. The number of hydrogen-bond acceptors (Lipinski definition) is 5. The SMILES string of the molecule is CCc1cccc(NC(=O)NC(c2ccc(C(=O)NCCC(=O)O)cc2)C2CCC(C3CCCCC3)CC2)c1S(=O)(=O)Nc1ccccc1. The van der Waals surface area contributed by atoms with Gasteiger partial charge in [0.25, 0.3) is 15.9 Å². The Hall–Kier alpha value is -4.38. The molecule has 0 aliphatic heterocycles. The van der Waals surface area contributed by atoms with Crippen LogP contribution in [-0.4, -0.2) is 38.0 Å². The van der Waals surface area contributed by atoms with Crippen molar-refractivity contribution in [3.05, 3.63) is 89.5 Å². The fourth-order valence-electron chi connectivity index (χ4n) is 7.55. The highest BCUT2D eigenvalue weighted by atomic mass is 32.2. The van der Waals surface area contributed by atoms with Gasteiger partial charge >= 0.3 is 12.0 Å². The Labute approximate surface area is 289 Å². The van der Waals surface area contributed by atoms with Crippen LogP contribution < -0.4 is 20.7 Å². The van der Waals surface area contributed by atoms with Crippen LogP contribution in [0.15, 0.2) is 77.7 Å². The van der Waals surface area contributed by atoms with Crippen LogP contribution in [0.5, 0.6) is 0 Å². The molecule has 11 heteroatoms. The Bertz CT molecular complexity index is 1680. The summed E-state index contributed by atoms with van der Waals surface area (Å²) in [6.07, 6.45) is 10.9. The number of rotatable bonds is 13. The first-order chi connectivity index (χ1) is 23.6. The van der Waals surface area contributed by atoms with E-state index in [-0.39, 0.29) is 41.4 Å². The number of sulfonamides is 1. The molecule has 262 valence electrons. The van der Waals surface area contributed by atoms with Crippen molar-refractivity contribution in [2.45, 2.75) is 88.5 Å². The van der Waals surface area contributed by atoms with Gasteiger partial charge in [0.05, 0.1) is 18.2 Å². The van der Waals surface area contributed by atoms with Gasteiger partial charge in [-0.3, -0.25) is 14.3 Å². The first-order valence-corrected chi connectivity index (χ1v) is 19.0. The van der Waals surface area contributed by atoms with Crippen LogP contribution in [0.3, 0.4) is 0 Å². The first-order valence-electron chi connectivity index (χ1n) is 17.5. The maximum atomic E-state index is 13.8. The van der Waals surface area contributed by atoms with Crippen molar-refractivity contribution in [2.24, 2.45) is 17.8 Å². The quantitative estimate of drug-likeness (QED) is 0.125. The Kier molecular flexibility index (Phi) is 12.3. The lowest BCUT2D eigenvalue weighted by Gasteiger charge is -2.39. The van der Waals surface area contributed by atoms with Gasteiger partial charge in [0.2, 0.25) is 0 Å². The second-order valence-corrected chi connectivity index (χ2v) is 14.9. The van der Waals surface area contributed by atoms with Gasteiger partial charge in [0.1, 0.15) is 4.90 Å². The van der Waals surface area contributed by atoms with Crippen molar-refractivity contribution in [1.82, 2.24) is 10.6 Å². The number of amides is 3. The zero-order chi connectivity index (χ0) is 34.8. The van der Waals surface area contributed by atoms with E-state index in [2.05, 4.69) is 20.7 Å². The second kappa shape index (κ2) is 16.8. The molecule has 0 saturated heterocycles. The highest BCUT2D eigenvalue weighted by molar-refractivity contribution is 7.93.